The number of Topliss-reactive ketones (excluding diaryl/α,β-unsaturated/α-hetero) is 1. The fourth-order valence-electron chi connectivity index (χ4n) is 3.47. The van der Waals surface area contributed by atoms with Crippen LogP contribution in [0.2, 0.25) is 0 Å². The number of fused-ring (bicyclic) bond motifs is 1. The standard InChI is InChI=1S/C16H21N3O3/c1-16(2)8-12-11(14(20)9-16)7-13(19(21)22)15(18-12)17-10-5-3-4-6-10/h7,10H,3-6,8-9H2,1-2H3,(H,17,18). The Balaban J connectivity index is 2.01. The molecule has 3 rings (SSSR count). The Hall–Kier alpha value is -1.98. The third kappa shape index (κ3) is 2.82. The average molecular weight is 303 g/mol. The van der Waals surface area contributed by atoms with Crippen LogP contribution in [0.3, 0.4) is 0 Å². The van der Waals surface area contributed by atoms with Gasteiger partial charge in [0.2, 0.25) is 5.82 Å². The van der Waals surface area contributed by atoms with Gasteiger partial charge < -0.3 is 5.32 Å². The highest BCUT2D eigenvalue weighted by atomic mass is 16.6. The zero-order valence-corrected chi connectivity index (χ0v) is 13.0. The average Bonchev–Trinajstić information content (AvgIpc) is 2.89. The second-order valence-corrected chi connectivity index (χ2v) is 7.17. The zero-order chi connectivity index (χ0) is 15.9. The zero-order valence-electron chi connectivity index (χ0n) is 13.0. The van der Waals surface area contributed by atoms with Crippen LogP contribution in [0.4, 0.5) is 11.5 Å². The Morgan fingerprint density at radius 2 is 2.00 bits per heavy atom. The van der Waals surface area contributed by atoms with Gasteiger partial charge in [-0.3, -0.25) is 14.9 Å². The number of anilines is 1. The molecule has 2 aliphatic carbocycles. The molecule has 0 unspecified atom stereocenters. The summed E-state index contributed by atoms with van der Waals surface area (Å²) >= 11 is 0. The van der Waals surface area contributed by atoms with Gasteiger partial charge in [-0.25, -0.2) is 4.98 Å². The lowest BCUT2D eigenvalue weighted by Crippen LogP contribution is -2.29. The molecule has 0 saturated heterocycles. The van der Waals surface area contributed by atoms with E-state index in [4.69, 9.17) is 0 Å². The second kappa shape index (κ2) is 5.34. The molecule has 0 aromatic carbocycles. The van der Waals surface area contributed by atoms with Crippen molar-refractivity contribution in [2.24, 2.45) is 5.41 Å². The number of ketones is 1. The number of carbonyl (C=O) groups is 1. The summed E-state index contributed by atoms with van der Waals surface area (Å²) in [7, 11) is 0. The molecule has 6 nitrogen and oxygen atoms in total. The van der Waals surface area contributed by atoms with Gasteiger partial charge in [0.15, 0.2) is 5.78 Å². The van der Waals surface area contributed by atoms with E-state index in [9.17, 15) is 14.9 Å². The molecule has 0 aliphatic heterocycles. The van der Waals surface area contributed by atoms with E-state index in [2.05, 4.69) is 10.3 Å². The van der Waals surface area contributed by atoms with Crippen molar-refractivity contribution in [1.82, 2.24) is 4.98 Å². The minimum atomic E-state index is -0.447. The van der Waals surface area contributed by atoms with Gasteiger partial charge >= 0.3 is 5.69 Å². The molecule has 1 saturated carbocycles. The highest BCUT2D eigenvalue weighted by molar-refractivity contribution is 5.99. The van der Waals surface area contributed by atoms with Crippen LogP contribution in [0.5, 0.6) is 0 Å². The van der Waals surface area contributed by atoms with Crippen LogP contribution in [0.1, 0.15) is 62.0 Å². The van der Waals surface area contributed by atoms with Crippen molar-refractivity contribution in [3.8, 4) is 0 Å². The molecule has 2 aliphatic rings. The first-order chi connectivity index (χ1) is 10.4. The highest BCUT2D eigenvalue weighted by Crippen LogP contribution is 2.37. The lowest BCUT2D eigenvalue weighted by atomic mass is 9.75. The topological polar surface area (TPSA) is 85.1 Å². The molecule has 1 aromatic rings. The number of nitrogens with zero attached hydrogens (tertiary/aromatic N) is 2. The molecule has 118 valence electrons. The maximum atomic E-state index is 12.2. The first-order valence-electron chi connectivity index (χ1n) is 7.84. The summed E-state index contributed by atoms with van der Waals surface area (Å²) in [4.78, 5) is 27.6. The molecular weight excluding hydrogens is 282 g/mol. The molecule has 0 spiro atoms. The summed E-state index contributed by atoms with van der Waals surface area (Å²) in [6, 6.07) is 1.66. The Labute approximate surface area is 129 Å². The number of carbonyl (C=O) groups excluding carboxylic acids is 1. The van der Waals surface area contributed by atoms with Gasteiger partial charge in [0, 0.05) is 24.1 Å². The van der Waals surface area contributed by atoms with Crippen molar-refractivity contribution >= 4 is 17.3 Å². The van der Waals surface area contributed by atoms with Gasteiger partial charge in [-0.05, 0) is 24.7 Å². The number of hydrogen-bond acceptors (Lipinski definition) is 5. The number of rotatable bonds is 3. The SMILES string of the molecule is CC1(C)CC(=O)c2cc([N+](=O)[O-])c(NC3CCCC3)nc2C1. The Bertz CT molecular complexity index is 634. The summed E-state index contributed by atoms with van der Waals surface area (Å²) in [5, 5.41) is 14.5. The van der Waals surface area contributed by atoms with Gasteiger partial charge in [-0.15, -0.1) is 0 Å². The normalized spacial score (nSPS) is 20.7. The van der Waals surface area contributed by atoms with E-state index >= 15 is 0 Å². The molecule has 0 amide bonds. The van der Waals surface area contributed by atoms with Crippen LogP contribution >= 0.6 is 0 Å². The second-order valence-electron chi connectivity index (χ2n) is 7.17. The molecule has 0 radical (unpaired) electrons. The predicted molar refractivity (Wildman–Crippen MR) is 83.2 cm³/mol. The monoisotopic (exact) mass is 303 g/mol. The number of aromatic nitrogens is 1. The lowest BCUT2D eigenvalue weighted by molar-refractivity contribution is -0.384. The molecule has 1 N–H and O–H groups in total. The van der Waals surface area contributed by atoms with E-state index in [0.717, 1.165) is 25.7 Å². The quantitative estimate of drug-likeness (QED) is 0.682. The summed E-state index contributed by atoms with van der Waals surface area (Å²) in [6.07, 6.45) is 5.39. The number of pyridine rings is 1. The number of hydrogen-bond donors (Lipinski definition) is 1. The fourth-order valence-corrected chi connectivity index (χ4v) is 3.47. The van der Waals surface area contributed by atoms with Crippen LogP contribution < -0.4 is 5.32 Å². The first-order valence-corrected chi connectivity index (χ1v) is 7.84. The summed E-state index contributed by atoms with van der Waals surface area (Å²) in [6.45, 7) is 4.06. The Morgan fingerprint density at radius 1 is 1.32 bits per heavy atom. The molecule has 1 aromatic heterocycles. The maximum absolute atomic E-state index is 12.2. The van der Waals surface area contributed by atoms with E-state index in [1.54, 1.807) is 0 Å². The molecule has 6 heteroatoms. The van der Waals surface area contributed by atoms with Crippen LogP contribution in [0, 0.1) is 15.5 Å². The van der Waals surface area contributed by atoms with Gasteiger partial charge in [0.25, 0.3) is 0 Å². The maximum Gasteiger partial charge on any atom is 0.312 e. The van der Waals surface area contributed by atoms with E-state index in [1.807, 2.05) is 13.8 Å². The van der Waals surface area contributed by atoms with Crippen molar-refractivity contribution in [1.29, 1.82) is 0 Å². The van der Waals surface area contributed by atoms with Crippen LogP contribution in [-0.4, -0.2) is 21.7 Å². The third-order valence-electron chi connectivity index (χ3n) is 4.56. The van der Waals surface area contributed by atoms with Crippen molar-refractivity contribution < 1.29 is 9.72 Å². The minimum Gasteiger partial charge on any atom is -0.362 e. The van der Waals surface area contributed by atoms with E-state index in [1.165, 1.54) is 6.07 Å². The number of nitro groups is 1. The molecule has 0 atom stereocenters. The van der Waals surface area contributed by atoms with Crippen molar-refractivity contribution in [2.75, 3.05) is 5.32 Å². The van der Waals surface area contributed by atoms with Gasteiger partial charge in [-0.2, -0.15) is 0 Å². The molecule has 1 heterocycles. The molecular formula is C16H21N3O3. The molecule has 0 bridgehead atoms. The summed E-state index contributed by atoms with van der Waals surface area (Å²) in [5.41, 5.74) is 0.881. The minimum absolute atomic E-state index is 0.0470. The Morgan fingerprint density at radius 3 is 2.64 bits per heavy atom. The summed E-state index contributed by atoms with van der Waals surface area (Å²) < 4.78 is 0. The van der Waals surface area contributed by atoms with E-state index < -0.39 is 4.92 Å². The lowest BCUT2D eigenvalue weighted by Gasteiger charge is -2.29. The summed E-state index contributed by atoms with van der Waals surface area (Å²) in [5.74, 6) is 0.274. The number of nitrogens with one attached hydrogen (secondary N) is 1. The van der Waals surface area contributed by atoms with Crippen molar-refractivity contribution in [3.05, 3.63) is 27.4 Å². The first kappa shape index (κ1) is 14.9. The van der Waals surface area contributed by atoms with Gasteiger partial charge in [0.05, 0.1) is 10.6 Å². The van der Waals surface area contributed by atoms with Gasteiger partial charge in [0.1, 0.15) is 0 Å². The predicted octanol–water partition coefficient (Wildman–Crippen LogP) is 3.50. The smallest absolute Gasteiger partial charge is 0.312 e. The van der Waals surface area contributed by atoms with Crippen molar-refractivity contribution in [3.63, 3.8) is 0 Å². The van der Waals surface area contributed by atoms with Crippen LogP contribution in [0.25, 0.3) is 0 Å². The van der Waals surface area contributed by atoms with Crippen LogP contribution in [-0.2, 0) is 6.42 Å². The highest BCUT2D eigenvalue weighted by Gasteiger charge is 2.35. The van der Waals surface area contributed by atoms with E-state index in [-0.39, 0.29) is 22.9 Å². The van der Waals surface area contributed by atoms with Gasteiger partial charge in [-0.1, -0.05) is 26.7 Å². The fraction of sp³-hybridized carbons (Fsp3) is 0.625. The third-order valence-corrected chi connectivity index (χ3v) is 4.56. The van der Waals surface area contributed by atoms with E-state index in [0.29, 0.717) is 29.9 Å². The molecule has 1 fully saturated rings. The molecule has 22 heavy (non-hydrogen) atoms. The largest absolute Gasteiger partial charge is 0.362 e. The van der Waals surface area contributed by atoms with Crippen LogP contribution in [0.15, 0.2) is 6.07 Å². The Kier molecular flexibility index (Phi) is 3.62. The van der Waals surface area contributed by atoms with Crippen molar-refractivity contribution in [2.45, 2.75) is 58.4 Å².